The summed E-state index contributed by atoms with van der Waals surface area (Å²) >= 11 is 11.7. The average Bonchev–Trinajstić information content (AvgIpc) is 2.64. The van der Waals surface area contributed by atoms with Gasteiger partial charge in [-0.05, 0) is 18.2 Å². The van der Waals surface area contributed by atoms with Gasteiger partial charge in [0.1, 0.15) is 0 Å². The van der Waals surface area contributed by atoms with Crippen LogP contribution in [0.15, 0.2) is 23.4 Å². The maximum atomic E-state index is 11.2. The monoisotopic (exact) mass is 306 g/mol. The molecule has 0 atom stereocenters. The third-order valence-electron chi connectivity index (χ3n) is 2.27. The number of primary sulfonamides is 1. The van der Waals surface area contributed by atoms with Gasteiger partial charge in [-0.3, -0.25) is 4.57 Å². The van der Waals surface area contributed by atoms with E-state index in [1.54, 1.807) is 18.2 Å². The van der Waals surface area contributed by atoms with Crippen molar-refractivity contribution < 1.29 is 8.42 Å². The quantitative estimate of drug-likeness (QED) is 0.908. The zero-order valence-electron chi connectivity index (χ0n) is 9.13. The Balaban J connectivity index is 2.59. The van der Waals surface area contributed by atoms with Crippen molar-refractivity contribution in [2.45, 2.75) is 5.16 Å². The SMILES string of the molecule is Cn1c(-c2ccc(Cl)c(Cl)c2)nnc1S(N)(=O)=O. The van der Waals surface area contributed by atoms with Crippen LogP contribution in [0, 0.1) is 0 Å². The normalized spacial score (nSPS) is 11.8. The highest BCUT2D eigenvalue weighted by molar-refractivity contribution is 7.89. The molecule has 1 aromatic carbocycles. The largest absolute Gasteiger partial charge is 0.300 e. The van der Waals surface area contributed by atoms with E-state index < -0.39 is 10.0 Å². The molecule has 0 fully saturated rings. The molecule has 0 aliphatic carbocycles. The van der Waals surface area contributed by atoms with Gasteiger partial charge in [-0.2, -0.15) is 0 Å². The van der Waals surface area contributed by atoms with Crippen LogP contribution in [0.2, 0.25) is 10.0 Å². The lowest BCUT2D eigenvalue weighted by atomic mass is 10.2. The smallest absolute Gasteiger partial charge is 0.273 e. The molecular weight excluding hydrogens is 299 g/mol. The molecule has 2 N–H and O–H groups in total. The van der Waals surface area contributed by atoms with Crippen molar-refractivity contribution in [2.75, 3.05) is 0 Å². The number of benzene rings is 1. The molecule has 0 saturated heterocycles. The van der Waals surface area contributed by atoms with Gasteiger partial charge in [0.25, 0.3) is 15.2 Å². The first-order chi connectivity index (χ1) is 8.30. The van der Waals surface area contributed by atoms with E-state index in [0.717, 1.165) is 0 Å². The Kier molecular flexibility index (Phi) is 3.33. The third kappa shape index (κ3) is 2.35. The molecule has 0 spiro atoms. The maximum absolute atomic E-state index is 11.2. The highest BCUT2D eigenvalue weighted by Crippen LogP contribution is 2.27. The first-order valence-corrected chi connectivity index (χ1v) is 6.98. The van der Waals surface area contributed by atoms with Crippen molar-refractivity contribution >= 4 is 33.2 Å². The molecule has 1 heterocycles. The predicted octanol–water partition coefficient (Wildman–Crippen LogP) is 1.44. The highest BCUT2D eigenvalue weighted by atomic mass is 35.5. The number of sulfonamides is 1. The van der Waals surface area contributed by atoms with Crippen molar-refractivity contribution in [3.05, 3.63) is 28.2 Å². The van der Waals surface area contributed by atoms with Crippen LogP contribution in [0.1, 0.15) is 0 Å². The van der Waals surface area contributed by atoms with Crippen LogP contribution in [-0.4, -0.2) is 23.2 Å². The predicted molar refractivity (Wildman–Crippen MR) is 67.8 cm³/mol. The molecule has 0 aliphatic heterocycles. The van der Waals surface area contributed by atoms with E-state index in [2.05, 4.69) is 10.2 Å². The van der Waals surface area contributed by atoms with Gasteiger partial charge in [0.2, 0.25) is 0 Å². The topological polar surface area (TPSA) is 90.9 Å². The van der Waals surface area contributed by atoms with E-state index in [-0.39, 0.29) is 5.16 Å². The highest BCUT2D eigenvalue weighted by Gasteiger charge is 2.19. The molecule has 0 bridgehead atoms. The van der Waals surface area contributed by atoms with Crippen molar-refractivity contribution in [1.29, 1.82) is 0 Å². The lowest BCUT2D eigenvalue weighted by molar-refractivity contribution is 0.580. The second kappa shape index (κ2) is 4.51. The van der Waals surface area contributed by atoms with Crippen LogP contribution in [0.4, 0.5) is 0 Å². The molecule has 0 unspecified atom stereocenters. The molecule has 0 aliphatic rings. The minimum atomic E-state index is -3.91. The fraction of sp³-hybridized carbons (Fsp3) is 0.111. The zero-order chi connectivity index (χ0) is 13.5. The van der Waals surface area contributed by atoms with Crippen LogP contribution in [0.25, 0.3) is 11.4 Å². The van der Waals surface area contributed by atoms with Gasteiger partial charge < -0.3 is 0 Å². The molecule has 9 heteroatoms. The zero-order valence-corrected chi connectivity index (χ0v) is 11.5. The van der Waals surface area contributed by atoms with Crippen LogP contribution in [0.3, 0.4) is 0 Å². The van der Waals surface area contributed by atoms with E-state index in [4.69, 9.17) is 28.3 Å². The molecule has 0 amide bonds. The fourth-order valence-electron chi connectivity index (χ4n) is 1.45. The molecule has 6 nitrogen and oxygen atoms in total. The third-order valence-corrected chi connectivity index (χ3v) is 3.87. The number of halogens is 2. The minimum Gasteiger partial charge on any atom is -0.300 e. The number of nitrogens with two attached hydrogens (primary N) is 1. The number of aromatic nitrogens is 3. The summed E-state index contributed by atoms with van der Waals surface area (Å²) in [5, 5.41) is 12.7. The lowest BCUT2D eigenvalue weighted by Gasteiger charge is -2.03. The van der Waals surface area contributed by atoms with E-state index in [9.17, 15) is 8.42 Å². The van der Waals surface area contributed by atoms with Gasteiger partial charge in [-0.25, -0.2) is 13.6 Å². The summed E-state index contributed by atoms with van der Waals surface area (Å²) < 4.78 is 23.7. The molecule has 1 aromatic heterocycles. The molecule has 0 radical (unpaired) electrons. The number of nitrogens with zero attached hydrogens (tertiary/aromatic N) is 3. The minimum absolute atomic E-state index is 0.316. The summed E-state index contributed by atoms with van der Waals surface area (Å²) in [5.74, 6) is 0.331. The van der Waals surface area contributed by atoms with Crippen LogP contribution in [0.5, 0.6) is 0 Å². The van der Waals surface area contributed by atoms with Crippen LogP contribution < -0.4 is 5.14 Å². The summed E-state index contributed by atoms with van der Waals surface area (Å²) in [4.78, 5) is 0. The van der Waals surface area contributed by atoms with Crippen molar-refractivity contribution in [2.24, 2.45) is 12.2 Å². The van der Waals surface area contributed by atoms with Gasteiger partial charge in [-0.15, -0.1) is 10.2 Å². The van der Waals surface area contributed by atoms with Gasteiger partial charge in [0, 0.05) is 12.6 Å². The average molecular weight is 307 g/mol. The molecule has 18 heavy (non-hydrogen) atoms. The second-order valence-electron chi connectivity index (χ2n) is 3.54. The Labute approximate surface area is 113 Å². The van der Waals surface area contributed by atoms with Gasteiger partial charge in [-0.1, -0.05) is 23.2 Å². The number of hydrogen-bond donors (Lipinski definition) is 1. The first-order valence-electron chi connectivity index (χ1n) is 4.68. The Hall–Kier alpha value is -1.15. The van der Waals surface area contributed by atoms with Crippen LogP contribution >= 0.6 is 23.2 Å². The number of hydrogen-bond acceptors (Lipinski definition) is 4. The molecule has 2 rings (SSSR count). The molecule has 0 saturated carbocycles. The lowest BCUT2D eigenvalue weighted by Crippen LogP contribution is -2.17. The van der Waals surface area contributed by atoms with Crippen molar-refractivity contribution in [3.63, 3.8) is 0 Å². The van der Waals surface area contributed by atoms with E-state index in [1.165, 1.54) is 11.6 Å². The summed E-state index contributed by atoms with van der Waals surface area (Å²) in [6, 6.07) is 4.82. The van der Waals surface area contributed by atoms with Crippen molar-refractivity contribution in [3.8, 4) is 11.4 Å². The summed E-state index contributed by atoms with van der Waals surface area (Å²) in [6.07, 6.45) is 0. The maximum Gasteiger partial charge on any atom is 0.273 e. The molecule has 96 valence electrons. The van der Waals surface area contributed by atoms with E-state index in [1.807, 2.05) is 0 Å². The Morgan fingerprint density at radius 3 is 2.39 bits per heavy atom. The first kappa shape index (κ1) is 13.3. The van der Waals surface area contributed by atoms with E-state index >= 15 is 0 Å². The Bertz CT molecular complexity index is 711. The second-order valence-corrected chi connectivity index (χ2v) is 5.81. The Morgan fingerprint density at radius 2 is 1.89 bits per heavy atom. The van der Waals surface area contributed by atoms with E-state index in [0.29, 0.717) is 21.4 Å². The van der Waals surface area contributed by atoms with Crippen molar-refractivity contribution in [1.82, 2.24) is 14.8 Å². The standard InChI is InChI=1S/C9H8Cl2N4O2S/c1-15-8(13-14-9(15)18(12,16)17)5-2-3-6(10)7(11)4-5/h2-4H,1H3,(H2,12,16,17). The number of rotatable bonds is 2. The van der Waals surface area contributed by atoms with Crippen LogP contribution in [-0.2, 0) is 17.1 Å². The van der Waals surface area contributed by atoms with Gasteiger partial charge in [0.15, 0.2) is 5.82 Å². The summed E-state index contributed by atoms with van der Waals surface area (Å²) in [6.45, 7) is 0. The summed E-state index contributed by atoms with van der Waals surface area (Å²) in [7, 11) is -2.41. The summed E-state index contributed by atoms with van der Waals surface area (Å²) in [5.41, 5.74) is 0.592. The Morgan fingerprint density at radius 1 is 1.22 bits per heavy atom. The van der Waals surface area contributed by atoms with Gasteiger partial charge >= 0.3 is 0 Å². The van der Waals surface area contributed by atoms with Gasteiger partial charge in [0.05, 0.1) is 10.0 Å². The molecular formula is C9H8Cl2N4O2S. The molecule has 2 aromatic rings. The fourth-order valence-corrected chi connectivity index (χ4v) is 2.37.